The Hall–Kier alpha value is -2.15. The average molecular weight is 365 g/mol. The van der Waals surface area contributed by atoms with Crippen LogP contribution in [0.3, 0.4) is 0 Å². The van der Waals surface area contributed by atoms with Crippen LogP contribution in [0.4, 0.5) is 5.82 Å². The Labute approximate surface area is 134 Å². The molecule has 1 aromatic heterocycles. The molecule has 0 aliphatic carbocycles. The normalized spacial score (nSPS) is 20.2. The Bertz CT molecular complexity index is 771. The number of hydrogen-bond acceptors (Lipinski definition) is 5. The molecule has 3 rings (SSSR count). The number of nitrogens with one attached hydrogen (secondary N) is 1. The number of esters is 1. The van der Waals surface area contributed by atoms with Gasteiger partial charge in [-0.3, -0.25) is 4.79 Å². The van der Waals surface area contributed by atoms with Crippen molar-refractivity contribution >= 4 is 33.6 Å². The molecule has 1 unspecified atom stereocenters. The van der Waals surface area contributed by atoms with Gasteiger partial charge in [0.15, 0.2) is 11.4 Å². The van der Waals surface area contributed by atoms with Crippen LogP contribution in [-0.4, -0.2) is 22.6 Å². The third-order valence-electron chi connectivity index (χ3n) is 3.49. The van der Waals surface area contributed by atoms with E-state index in [2.05, 4.69) is 26.4 Å². The maximum atomic E-state index is 12.4. The van der Waals surface area contributed by atoms with E-state index in [0.29, 0.717) is 23.6 Å². The molecular formula is C15H13BrN2O4. The molecule has 0 saturated carbocycles. The summed E-state index contributed by atoms with van der Waals surface area (Å²) in [6, 6.07) is 6.93. The minimum atomic E-state index is -1.29. The van der Waals surface area contributed by atoms with E-state index in [1.807, 2.05) is 12.1 Å². The number of aryl methyl sites for hydroxylation is 1. The highest BCUT2D eigenvalue weighted by Gasteiger charge is 2.43. The number of aromatic nitrogens is 1. The number of halogens is 1. The van der Waals surface area contributed by atoms with Crippen molar-refractivity contribution in [2.75, 3.05) is 5.32 Å². The zero-order valence-electron chi connectivity index (χ0n) is 12.0. The molecule has 0 saturated heterocycles. The lowest BCUT2D eigenvalue weighted by Gasteiger charge is -2.32. The van der Waals surface area contributed by atoms with E-state index in [-0.39, 0.29) is 0 Å². The zero-order chi connectivity index (χ0) is 15.9. The first-order chi connectivity index (χ1) is 10.4. The van der Waals surface area contributed by atoms with Crippen molar-refractivity contribution in [1.82, 2.24) is 5.16 Å². The third-order valence-corrected chi connectivity index (χ3v) is 3.98. The lowest BCUT2D eigenvalue weighted by molar-refractivity contribution is -0.134. The van der Waals surface area contributed by atoms with Gasteiger partial charge in [0.1, 0.15) is 5.76 Å². The van der Waals surface area contributed by atoms with Gasteiger partial charge in [-0.25, -0.2) is 4.79 Å². The molecule has 7 heteroatoms. The maximum Gasteiger partial charge on any atom is 0.339 e. The lowest BCUT2D eigenvalue weighted by Crippen LogP contribution is -2.49. The summed E-state index contributed by atoms with van der Waals surface area (Å²) in [5, 5.41) is 6.31. The molecule has 2 aromatic rings. The second kappa shape index (κ2) is 5.24. The molecule has 0 bridgehead atoms. The van der Waals surface area contributed by atoms with Crippen LogP contribution in [0, 0.1) is 6.92 Å². The van der Waals surface area contributed by atoms with Gasteiger partial charge in [0.2, 0.25) is 0 Å². The number of rotatable bonds is 2. The minimum absolute atomic E-state index is 0.293. The molecule has 0 radical (unpaired) electrons. The van der Waals surface area contributed by atoms with E-state index in [9.17, 15) is 9.59 Å². The fourth-order valence-electron chi connectivity index (χ4n) is 2.35. The summed E-state index contributed by atoms with van der Waals surface area (Å²) < 4.78 is 11.1. The lowest BCUT2D eigenvalue weighted by atomic mass is 9.89. The summed E-state index contributed by atoms with van der Waals surface area (Å²) in [4.78, 5) is 24.6. The molecule has 2 heterocycles. The average Bonchev–Trinajstić information content (AvgIpc) is 2.85. The quantitative estimate of drug-likeness (QED) is 0.828. The van der Waals surface area contributed by atoms with Gasteiger partial charge in [0.25, 0.3) is 5.91 Å². The van der Waals surface area contributed by atoms with Crippen LogP contribution in [0.1, 0.15) is 28.6 Å². The number of benzene rings is 1. The highest BCUT2D eigenvalue weighted by atomic mass is 79.9. The summed E-state index contributed by atoms with van der Waals surface area (Å²) >= 11 is 3.32. The number of anilines is 1. The SMILES string of the molecule is Cc1cc(NC(=O)C2(C)Cc3ccc(Br)cc3C(=O)O2)no1. The van der Waals surface area contributed by atoms with Gasteiger partial charge < -0.3 is 14.6 Å². The van der Waals surface area contributed by atoms with Gasteiger partial charge in [-0.05, 0) is 31.5 Å². The number of hydrogen-bond donors (Lipinski definition) is 1. The van der Waals surface area contributed by atoms with Gasteiger partial charge in [-0.1, -0.05) is 27.2 Å². The first kappa shape index (κ1) is 14.8. The van der Waals surface area contributed by atoms with Crippen LogP contribution in [0.2, 0.25) is 0 Å². The van der Waals surface area contributed by atoms with Crippen molar-refractivity contribution in [1.29, 1.82) is 0 Å². The van der Waals surface area contributed by atoms with Crippen LogP contribution < -0.4 is 5.32 Å². The molecule has 22 heavy (non-hydrogen) atoms. The Morgan fingerprint density at radius 1 is 1.41 bits per heavy atom. The molecule has 0 fully saturated rings. The van der Waals surface area contributed by atoms with Crippen LogP contribution in [-0.2, 0) is 16.0 Å². The molecule has 1 amide bonds. The monoisotopic (exact) mass is 364 g/mol. The molecule has 1 aromatic carbocycles. The van der Waals surface area contributed by atoms with Crippen molar-refractivity contribution in [3.05, 3.63) is 45.6 Å². The van der Waals surface area contributed by atoms with Crippen molar-refractivity contribution in [3.63, 3.8) is 0 Å². The molecule has 1 atom stereocenters. The molecular weight excluding hydrogens is 352 g/mol. The van der Waals surface area contributed by atoms with E-state index in [0.717, 1.165) is 10.0 Å². The molecule has 6 nitrogen and oxygen atoms in total. The molecule has 0 spiro atoms. The standard InChI is InChI=1S/C15H13BrN2O4/c1-8-5-12(18-22-8)17-14(20)15(2)7-9-3-4-10(16)6-11(9)13(19)21-15/h3-6H,7H2,1-2H3,(H,17,18,20). The zero-order valence-corrected chi connectivity index (χ0v) is 13.6. The van der Waals surface area contributed by atoms with E-state index < -0.39 is 17.5 Å². The highest BCUT2D eigenvalue weighted by Crippen LogP contribution is 2.31. The van der Waals surface area contributed by atoms with Crippen molar-refractivity contribution < 1.29 is 18.8 Å². The molecule has 1 aliphatic rings. The predicted octanol–water partition coefficient (Wildman–Crippen LogP) is 2.86. The largest absolute Gasteiger partial charge is 0.445 e. The fraction of sp³-hybridized carbons (Fsp3) is 0.267. The molecule has 1 N–H and O–H groups in total. The van der Waals surface area contributed by atoms with E-state index in [1.54, 1.807) is 26.0 Å². The van der Waals surface area contributed by atoms with E-state index >= 15 is 0 Å². The maximum absolute atomic E-state index is 12.4. The third kappa shape index (κ3) is 2.64. The van der Waals surface area contributed by atoms with Crippen LogP contribution in [0.15, 0.2) is 33.3 Å². The number of amides is 1. The number of carbonyl (C=O) groups excluding carboxylic acids is 2. The second-order valence-electron chi connectivity index (χ2n) is 5.38. The number of carbonyl (C=O) groups is 2. The van der Waals surface area contributed by atoms with Gasteiger partial charge in [0.05, 0.1) is 5.56 Å². The molecule has 114 valence electrons. The van der Waals surface area contributed by atoms with Crippen LogP contribution >= 0.6 is 15.9 Å². The first-order valence-electron chi connectivity index (χ1n) is 6.64. The Morgan fingerprint density at radius 3 is 2.86 bits per heavy atom. The van der Waals surface area contributed by atoms with E-state index in [4.69, 9.17) is 9.26 Å². The molecule has 1 aliphatic heterocycles. The number of fused-ring (bicyclic) bond motifs is 1. The summed E-state index contributed by atoms with van der Waals surface area (Å²) in [6.45, 7) is 3.30. The number of cyclic esters (lactones) is 1. The summed E-state index contributed by atoms with van der Waals surface area (Å²) in [5.41, 5.74) is -0.0459. The minimum Gasteiger partial charge on any atom is -0.445 e. The van der Waals surface area contributed by atoms with E-state index in [1.165, 1.54) is 0 Å². The van der Waals surface area contributed by atoms with Gasteiger partial charge in [-0.15, -0.1) is 0 Å². The Kier molecular flexibility index (Phi) is 3.52. The fourth-order valence-corrected chi connectivity index (χ4v) is 2.71. The van der Waals surface area contributed by atoms with Gasteiger partial charge in [0, 0.05) is 17.0 Å². The topological polar surface area (TPSA) is 81.4 Å². The van der Waals surface area contributed by atoms with Crippen LogP contribution in [0.25, 0.3) is 0 Å². The van der Waals surface area contributed by atoms with Gasteiger partial charge >= 0.3 is 5.97 Å². The second-order valence-corrected chi connectivity index (χ2v) is 6.29. The summed E-state index contributed by atoms with van der Waals surface area (Å²) in [5.74, 6) is -0.0862. The van der Waals surface area contributed by atoms with Gasteiger partial charge in [-0.2, -0.15) is 0 Å². The van der Waals surface area contributed by atoms with Crippen molar-refractivity contribution in [2.45, 2.75) is 25.9 Å². The predicted molar refractivity (Wildman–Crippen MR) is 81.5 cm³/mol. The number of nitrogens with zero attached hydrogens (tertiary/aromatic N) is 1. The van der Waals surface area contributed by atoms with Crippen molar-refractivity contribution in [2.24, 2.45) is 0 Å². The number of ether oxygens (including phenoxy) is 1. The highest BCUT2D eigenvalue weighted by molar-refractivity contribution is 9.10. The Balaban J connectivity index is 1.86. The summed E-state index contributed by atoms with van der Waals surface area (Å²) in [6.07, 6.45) is 0.296. The summed E-state index contributed by atoms with van der Waals surface area (Å²) in [7, 11) is 0. The van der Waals surface area contributed by atoms with Crippen LogP contribution in [0.5, 0.6) is 0 Å². The first-order valence-corrected chi connectivity index (χ1v) is 7.43. The smallest absolute Gasteiger partial charge is 0.339 e. The van der Waals surface area contributed by atoms with Crippen molar-refractivity contribution in [3.8, 4) is 0 Å². The Morgan fingerprint density at radius 2 is 2.18 bits per heavy atom.